The summed E-state index contributed by atoms with van der Waals surface area (Å²) in [7, 11) is 0. The van der Waals surface area contributed by atoms with Crippen LogP contribution in [-0.2, 0) is 0 Å². The fourth-order valence-corrected chi connectivity index (χ4v) is 1.59. The Morgan fingerprint density at radius 2 is 2.06 bits per heavy atom. The topological polar surface area (TPSA) is 37.5 Å². The average Bonchev–Trinajstić information content (AvgIpc) is 2.70. The van der Waals surface area contributed by atoms with Crippen molar-refractivity contribution < 1.29 is 4.42 Å². The third kappa shape index (κ3) is 2.88. The van der Waals surface area contributed by atoms with E-state index in [4.69, 9.17) is 16.0 Å². The normalized spacial score (nSPS) is 11.0. The molecule has 0 bridgehead atoms. The van der Waals surface area contributed by atoms with Gasteiger partial charge in [-0.05, 0) is 43.7 Å². The first-order chi connectivity index (χ1) is 8.16. The average molecular weight is 249 g/mol. The molecule has 88 valence electrons. The largest absolute Gasteiger partial charge is 0.460 e. The van der Waals surface area contributed by atoms with Crippen LogP contribution in [0.1, 0.15) is 17.1 Å². The number of hydrogen-bond donors (Lipinski definition) is 1. The van der Waals surface area contributed by atoms with E-state index in [1.54, 1.807) is 6.21 Å². The van der Waals surface area contributed by atoms with Gasteiger partial charge >= 0.3 is 0 Å². The number of benzene rings is 1. The number of nitrogens with zero attached hydrogens (tertiary/aromatic N) is 1. The van der Waals surface area contributed by atoms with Gasteiger partial charge in [-0.3, -0.25) is 5.43 Å². The van der Waals surface area contributed by atoms with Gasteiger partial charge in [0.2, 0.25) is 0 Å². The van der Waals surface area contributed by atoms with E-state index in [2.05, 4.69) is 10.5 Å². The zero-order chi connectivity index (χ0) is 12.3. The van der Waals surface area contributed by atoms with Gasteiger partial charge in [0.25, 0.3) is 0 Å². The zero-order valence-corrected chi connectivity index (χ0v) is 10.5. The molecule has 1 heterocycles. The molecule has 0 fully saturated rings. The molecule has 0 aliphatic rings. The molecule has 2 aromatic rings. The fourth-order valence-electron chi connectivity index (χ4n) is 1.42. The Balaban J connectivity index is 2.07. The molecule has 4 heteroatoms. The molecule has 17 heavy (non-hydrogen) atoms. The Hall–Kier alpha value is -1.74. The predicted molar refractivity (Wildman–Crippen MR) is 70.9 cm³/mol. The molecule has 2 rings (SSSR count). The van der Waals surface area contributed by atoms with Crippen molar-refractivity contribution in [2.45, 2.75) is 13.8 Å². The standard InChI is InChI=1S/C13H13ClN2O/c1-9-6-7-11(17-9)8-15-16-13-5-3-4-12(14)10(13)2/h3-8,16H,1-2H3. The van der Waals surface area contributed by atoms with Gasteiger partial charge in [-0.15, -0.1) is 0 Å². The lowest BCUT2D eigenvalue weighted by Gasteiger charge is -2.05. The van der Waals surface area contributed by atoms with Gasteiger partial charge in [-0.2, -0.15) is 5.10 Å². The van der Waals surface area contributed by atoms with Crippen LogP contribution in [0.5, 0.6) is 0 Å². The minimum Gasteiger partial charge on any atom is -0.460 e. The second-order valence-corrected chi connectivity index (χ2v) is 4.14. The summed E-state index contributed by atoms with van der Waals surface area (Å²) in [5.41, 5.74) is 4.80. The van der Waals surface area contributed by atoms with Crippen LogP contribution in [0.2, 0.25) is 5.02 Å². The molecule has 1 aromatic heterocycles. The van der Waals surface area contributed by atoms with Gasteiger partial charge in [-0.25, -0.2) is 0 Å². The molecule has 0 amide bonds. The van der Waals surface area contributed by atoms with Crippen molar-refractivity contribution >= 4 is 23.5 Å². The Labute approximate surface area is 105 Å². The molecule has 0 aliphatic heterocycles. The Kier molecular flexibility index (Phi) is 3.49. The number of hydrazone groups is 1. The highest BCUT2D eigenvalue weighted by Crippen LogP contribution is 2.22. The lowest BCUT2D eigenvalue weighted by atomic mass is 10.2. The molecule has 0 atom stereocenters. The third-order valence-electron chi connectivity index (χ3n) is 2.41. The van der Waals surface area contributed by atoms with E-state index in [0.29, 0.717) is 0 Å². The second kappa shape index (κ2) is 5.06. The van der Waals surface area contributed by atoms with Gasteiger partial charge in [0.1, 0.15) is 11.5 Å². The summed E-state index contributed by atoms with van der Waals surface area (Å²) in [6, 6.07) is 9.41. The molecule has 1 aromatic carbocycles. The van der Waals surface area contributed by atoms with Gasteiger partial charge in [0.15, 0.2) is 0 Å². The van der Waals surface area contributed by atoms with Crippen molar-refractivity contribution in [2.24, 2.45) is 5.10 Å². The smallest absolute Gasteiger partial charge is 0.147 e. The highest BCUT2D eigenvalue weighted by molar-refractivity contribution is 6.31. The number of nitrogens with one attached hydrogen (secondary N) is 1. The van der Waals surface area contributed by atoms with Crippen LogP contribution < -0.4 is 5.43 Å². The highest BCUT2D eigenvalue weighted by Gasteiger charge is 2.00. The highest BCUT2D eigenvalue weighted by atomic mass is 35.5. The number of rotatable bonds is 3. The quantitative estimate of drug-likeness (QED) is 0.659. The van der Waals surface area contributed by atoms with E-state index in [1.807, 2.05) is 44.2 Å². The summed E-state index contributed by atoms with van der Waals surface area (Å²) >= 11 is 6.00. The van der Waals surface area contributed by atoms with Crippen LogP contribution in [0.25, 0.3) is 0 Å². The fraction of sp³-hybridized carbons (Fsp3) is 0.154. The van der Waals surface area contributed by atoms with Crippen molar-refractivity contribution in [1.82, 2.24) is 0 Å². The maximum Gasteiger partial charge on any atom is 0.147 e. The zero-order valence-electron chi connectivity index (χ0n) is 9.70. The van der Waals surface area contributed by atoms with Crippen LogP contribution in [0.3, 0.4) is 0 Å². The van der Waals surface area contributed by atoms with E-state index in [9.17, 15) is 0 Å². The minimum absolute atomic E-state index is 0.717. The lowest BCUT2D eigenvalue weighted by molar-refractivity contribution is 0.528. The van der Waals surface area contributed by atoms with E-state index in [-0.39, 0.29) is 0 Å². The first kappa shape index (κ1) is 11.7. The van der Waals surface area contributed by atoms with Crippen molar-refractivity contribution in [3.05, 3.63) is 52.4 Å². The Bertz CT molecular complexity index is 546. The molecular weight excluding hydrogens is 236 g/mol. The second-order valence-electron chi connectivity index (χ2n) is 3.73. The molecule has 3 nitrogen and oxygen atoms in total. The van der Waals surface area contributed by atoms with E-state index < -0.39 is 0 Å². The number of hydrogen-bond acceptors (Lipinski definition) is 3. The Morgan fingerprint density at radius 1 is 1.24 bits per heavy atom. The summed E-state index contributed by atoms with van der Waals surface area (Å²) in [5.74, 6) is 1.58. The van der Waals surface area contributed by atoms with Gasteiger partial charge in [0.05, 0.1) is 11.9 Å². The van der Waals surface area contributed by atoms with E-state index in [1.165, 1.54) is 0 Å². The lowest BCUT2D eigenvalue weighted by Crippen LogP contribution is -1.92. The van der Waals surface area contributed by atoms with Gasteiger partial charge < -0.3 is 4.42 Å². The van der Waals surface area contributed by atoms with E-state index >= 15 is 0 Å². The molecule has 0 saturated carbocycles. The summed E-state index contributed by atoms with van der Waals surface area (Å²) in [6.07, 6.45) is 1.63. The van der Waals surface area contributed by atoms with Crippen molar-refractivity contribution in [1.29, 1.82) is 0 Å². The van der Waals surface area contributed by atoms with Crippen LogP contribution >= 0.6 is 11.6 Å². The number of anilines is 1. The maximum atomic E-state index is 6.00. The maximum absolute atomic E-state index is 6.00. The molecular formula is C13H13ClN2O. The molecule has 0 saturated heterocycles. The molecule has 0 spiro atoms. The molecule has 1 N–H and O–H groups in total. The first-order valence-corrected chi connectivity index (χ1v) is 5.65. The van der Waals surface area contributed by atoms with Gasteiger partial charge in [-0.1, -0.05) is 17.7 Å². The monoisotopic (exact) mass is 248 g/mol. The van der Waals surface area contributed by atoms with Gasteiger partial charge in [0, 0.05) is 5.02 Å². The molecule has 0 radical (unpaired) electrons. The summed E-state index contributed by atoms with van der Waals surface area (Å²) < 4.78 is 5.36. The summed E-state index contributed by atoms with van der Waals surface area (Å²) in [6.45, 7) is 3.84. The van der Waals surface area contributed by atoms with Crippen LogP contribution in [0.4, 0.5) is 5.69 Å². The number of aryl methyl sites for hydroxylation is 1. The SMILES string of the molecule is Cc1ccc(C=NNc2cccc(Cl)c2C)o1. The van der Waals surface area contributed by atoms with E-state index in [0.717, 1.165) is 27.8 Å². The molecule has 0 unspecified atom stereocenters. The number of furan rings is 1. The minimum atomic E-state index is 0.717. The predicted octanol–water partition coefficient (Wildman–Crippen LogP) is 4.00. The van der Waals surface area contributed by atoms with Crippen LogP contribution in [0.15, 0.2) is 39.9 Å². The van der Waals surface area contributed by atoms with Crippen molar-refractivity contribution in [3.63, 3.8) is 0 Å². The first-order valence-electron chi connectivity index (χ1n) is 5.27. The van der Waals surface area contributed by atoms with Crippen molar-refractivity contribution in [2.75, 3.05) is 5.43 Å². The third-order valence-corrected chi connectivity index (χ3v) is 2.82. The summed E-state index contributed by atoms with van der Waals surface area (Å²) in [5, 5.41) is 4.82. The molecule has 0 aliphatic carbocycles. The number of halogens is 1. The Morgan fingerprint density at radius 3 is 2.76 bits per heavy atom. The summed E-state index contributed by atoms with van der Waals surface area (Å²) in [4.78, 5) is 0. The van der Waals surface area contributed by atoms with Crippen LogP contribution in [-0.4, -0.2) is 6.21 Å². The van der Waals surface area contributed by atoms with Crippen molar-refractivity contribution in [3.8, 4) is 0 Å². The van der Waals surface area contributed by atoms with Crippen LogP contribution in [0, 0.1) is 13.8 Å².